The van der Waals surface area contributed by atoms with Gasteiger partial charge in [-0.05, 0) is 13.8 Å². The monoisotopic (exact) mass is 115 g/mol. The Balaban J connectivity index is 3.30. The Morgan fingerprint density at radius 2 is 2.12 bits per heavy atom. The molecule has 0 radical (unpaired) electrons. The largest absolute Gasteiger partial charge is 0.497 e. The lowest BCUT2D eigenvalue weighted by Gasteiger charge is -2.13. The Bertz CT molecular complexity index is 70.9. The second kappa shape index (κ2) is 3.50. The lowest BCUT2D eigenvalue weighted by Crippen LogP contribution is -2.29. The molecule has 2 nitrogen and oxygen atoms in total. The fraction of sp³-hybridized carbons (Fsp3) is 0.667. The van der Waals surface area contributed by atoms with Gasteiger partial charge in [-0.1, -0.05) is 6.58 Å². The van der Waals surface area contributed by atoms with Gasteiger partial charge in [0.1, 0.15) is 6.10 Å². The van der Waals surface area contributed by atoms with Crippen LogP contribution in [-0.4, -0.2) is 12.1 Å². The van der Waals surface area contributed by atoms with Crippen LogP contribution >= 0.6 is 0 Å². The highest BCUT2D eigenvalue weighted by atomic mass is 16.5. The summed E-state index contributed by atoms with van der Waals surface area (Å²) < 4.78 is 4.94. The molecule has 0 spiro atoms. The minimum Gasteiger partial charge on any atom is -0.497 e. The first kappa shape index (κ1) is 7.50. The van der Waals surface area contributed by atoms with E-state index in [1.807, 2.05) is 13.8 Å². The number of hydrogen-bond donors (Lipinski definition) is 1. The molecule has 0 aromatic carbocycles. The van der Waals surface area contributed by atoms with E-state index in [2.05, 4.69) is 6.58 Å². The summed E-state index contributed by atoms with van der Waals surface area (Å²) in [7, 11) is 0. The maximum absolute atomic E-state index is 5.45. The molecule has 0 aliphatic rings. The van der Waals surface area contributed by atoms with E-state index in [-0.39, 0.29) is 12.1 Å². The van der Waals surface area contributed by atoms with Crippen molar-refractivity contribution < 1.29 is 4.74 Å². The summed E-state index contributed by atoms with van der Waals surface area (Å²) in [6.45, 7) is 7.21. The van der Waals surface area contributed by atoms with Crippen LogP contribution in [0.3, 0.4) is 0 Å². The van der Waals surface area contributed by atoms with Crippen molar-refractivity contribution in [1.29, 1.82) is 0 Å². The van der Waals surface area contributed by atoms with Gasteiger partial charge in [0.25, 0.3) is 0 Å². The van der Waals surface area contributed by atoms with E-state index in [0.717, 1.165) is 0 Å². The third-order valence-electron chi connectivity index (χ3n) is 1.05. The molecular weight excluding hydrogens is 102 g/mol. The van der Waals surface area contributed by atoms with Crippen LogP contribution in [0.4, 0.5) is 0 Å². The molecule has 0 aromatic heterocycles. The van der Waals surface area contributed by atoms with Crippen LogP contribution in [0, 0.1) is 0 Å². The van der Waals surface area contributed by atoms with Crippen molar-refractivity contribution in [3.63, 3.8) is 0 Å². The topological polar surface area (TPSA) is 35.2 Å². The predicted molar refractivity (Wildman–Crippen MR) is 34.4 cm³/mol. The average molecular weight is 115 g/mol. The summed E-state index contributed by atoms with van der Waals surface area (Å²) in [5.74, 6) is 0. The standard InChI is InChI=1S/C6H13NO/c1-4-8-6(3)5(2)7/h4-6H,1,7H2,2-3H3. The summed E-state index contributed by atoms with van der Waals surface area (Å²) in [6.07, 6.45) is 1.49. The molecule has 0 aliphatic heterocycles. The van der Waals surface area contributed by atoms with E-state index in [1.165, 1.54) is 6.26 Å². The highest BCUT2D eigenvalue weighted by Crippen LogP contribution is 1.93. The zero-order valence-electron chi connectivity index (χ0n) is 5.42. The molecule has 2 N–H and O–H groups in total. The maximum atomic E-state index is 5.45. The molecule has 0 amide bonds. The van der Waals surface area contributed by atoms with Crippen LogP contribution in [0.25, 0.3) is 0 Å². The summed E-state index contributed by atoms with van der Waals surface area (Å²) >= 11 is 0. The Morgan fingerprint density at radius 1 is 1.62 bits per heavy atom. The van der Waals surface area contributed by atoms with Gasteiger partial charge in [-0.3, -0.25) is 0 Å². The van der Waals surface area contributed by atoms with Crippen LogP contribution in [0.2, 0.25) is 0 Å². The minimum absolute atomic E-state index is 0.0764. The maximum Gasteiger partial charge on any atom is 0.110 e. The van der Waals surface area contributed by atoms with Crippen molar-refractivity contribution in [2.45, 2.75) is 26.0 Å². The van der Waals surface area contributed by atoms with Crippen molar-refractivity contribution in [3.05, 3.63) is 12.8 Å². The van der Waals surface area contributed by atoms with Crippen LogP contribution < -0.4 is 5.73 Å². The van der Waals surface area contributed by atoms with E-state index in [1.54, 1.807) is 0 Å². The van der Waals surface area contributed by atoms with Crippen LogP contribution in [0.5, 0.6) is 0 Å². The molecule has 0 aromatic rings. The summed E-state index contributed by atoms with van der Waals surface area (Å²) in [5, 5.41) is 0. The summed E-state index contributed by atoms with van der Waals surface area (Å²) in [5.41, 5.74) is 5.45. The molecule has 8 heavy (non-hydrogen) atoms. The van der Waals surface area contributed by atoms with Crippen molar-refractivity contribution in [2.75, 3.05) is 0 Å². The third kappa shape index (κ3) is 2.64. The molecule has 0 bridgehead atoms. The zero-order valence-corrected chi connectivity index (χ0v) is 5.42. The molecule has 0 rings (SSSR count). The second-order valence-corrected chi connectivity index (χ2v) is 1.87. The first-order valence-corrected chi connectivity index (χ1v) is 2.70. The van der Waals surface area contributed by atoms with Gasteiger partial charge >= 0.3 is 0 Å². The van der Waals surface area contributed by atoms with E-state index in [4.69, 9.17) is 10.5 Å². The molecule has 0 aliphatic carbocycles. The van der Waals surface area contributed by atoms with Crippen LogP contribution in [0.1, 0.15) is 13.8 Å². The fourth-order valence-corrected chi connectivity index (χ4v) is 0.276. The van der Waals surface area contributed by atoms with Crippen LogP contribution in [0.15, 0.2) is 12.8 Å². The first-order chi connectivity index (χ1) is 3.68. The van der Waals surface area contributed by atoms with E-state index in [9.17, 15) is 0 Å². The second-order valence-electron chi connectivity index (χ2n) is 1.87. The smallest absolute Gasteiger partial charge is 0.110 e. The van der Waals surface area contributed by atoms with Crippen molar-refractivity contribution in [1.82, 2.24) is 0 Å². The highest BCUT2D eigenvalue weighted by molar-refractivity contribution is 4.65. The van der Waals surface area contributed by atoms with Crippen molar-refractivity contribution in [3.8, 4) is 0 Å². The number of rotatable bonds is 3. The van der Waals surface area contributed by atoms with Gasteiger partial charge in [0.15, 0.2) is 0 Å². The summed E-state index contributed by atoms with van der Waals surface area (Å²) in [6, 6.07) is 0.0769. The Hall–Kier alpha value is -0.500. The molecule has 0 saturated heterocycles. The normalized spacial score (nSPS) is 16.9. The molecule has 48 valence electrons. The first-order valence-electron chi connectivity index (χ1n) is 2.70. The van der Waals surface area contributed by atoms with Crippen molar-refractivity contribution >= 4 is 0 Å². The molecule has 2 heteroatoms. The zero-order chi connectivity index (χ0) is 6.57. The molecule has 0 heterocycles. The third-order valence-corrected chi connectivity index (χ3v) is 1.05. The Kier molecular flexibility index (Phi) is 3.28. The Labute approximate surface area is 50.3 Å². The SMILES string of the molecule is C=COC(C)C(C)N. The molecule has 2 unspecified atom stereocenters. The van der Waals surface area contributed by atoms with Gasteiger partial charge in [-0.2, -0.15) is 0 Å². The lowest BCUT2D eigenvalue weighted by atomic mass is 10.2. The Morgan fingerprint density at radius 3 is 2.25 bits per heavy atom. The fourth-order valence-electron chi connectivity index (χ4n) is 0.276. The van der Waals surface area contributed by atoms with Gasteiger partial charge in [0.2, 0.25) is 0 Å². The molecule has 2 atom stereocenters. The highest BCUT2D eigenvalue weighted by Gasteiger charge is 2.03. The van der Waals surface area contributed by atoms with Gasteiger partial charge < -0.3 is 10.5 Å². The van der Waals surface area contributed by atoms with Gasteiger partial charge in [-0.25, -0.2) is 0 Å². The van der Waals surface area contributed by atoms with Gasteiger partial charge in [0.05, 0.1) is 6.26 Å². The van der Waals surface area contributed by atoms with E-state index < -0.39 is 0 Å². The number of ether oxygens (including phenoxy) is 1. The van der Waals surface area contributed by atoms with Gasteiger partial charge in [-0.15, -0.1) is 0 Å². The molecular formula is C6H13NO. The van der Waals surface area contributed by atoms with E-state index in [0.29, 0.717) is 0 Å². The number of hydrogen-bond acceptors (Lipinski definition) is 2. The van der Waals surface area contributed by atoms with Crippen molar-refractivity contribution in [2.24, 2.45) is 5.73 Å². The predicted octanol–water partition coefficient (Wildman–Crippen LogP) is 0.882. The van der Waals surface area contributed by atoms with Gasteiger partial charge in [0, 0.05) is 6.04 Å². The average Bonchev–Trinajstić information content (AvgIpc) is 1.67. The minimum atomic E-state index is 0.0764. The lowest BCUT2D eigenvalue weighted by molar-refractivity contribution is 0.142. The number of nitrogens with two attached hydrogens (primary N) is 1. The summed E-state index contributed by atoms with van der Waals surface area (Å²) in [4.78, 5) is 0. The van der Waals surface area contributed by atoms with Crippen LogP contribution in [-0.2, 0) is 4.74 Å². The quantitative estimate of drug-likeness (QED) is 0.554. The molecule has 0 fully saturated rings. The molecule has 0 saturated carbocycles. The van der Waals surface area contributed by atoms with E-state index >= 15 is 0 Å².